The zero-order chi connectivity index (χ0) is 22.7. The van der Waals surface area contributed by atoms with Crippen molar-refractivity contribution in [3.05, 3.63) is 75.7 Å². The molecule has 0 radical (unpaired) electrons. The van der Waals surface area contributed by atoms with E-state index in [0.29, 0.717) is 16.2 Å². The fourth-order valence-corrected chi connectivity index (χ4v) is 6.82. The molecule has 0 aliphatic carbocycles. The summed E-state index contributed by atoms with van der Waals surface area (Å²) in [5.74, 6) is 0. The first-order chi connectivity index (χ1) is 15.4. The largest absolute Gasteiger partial charge is 0.326 e. The summed E-state index contributed by atoms with van der Waals surface area (Å²) in [4.78, 5) is 18.1. The SMILES string of the molecule is CCc1cc(-c2ccc(S(=O)(=O)NC3CCN(Cc4ccccc4)CC3)s2)c(C)[nH]c1=O. The van der Waals surface area contributed by atoms with Crippen molar-refractivity contribution in [3.8, 4) is 10.4 Å². The lowest BCUT2D eigenvalue weighted by Crippen LogP contribution is -2.44. The van der Waals surface area contributed by atoms with Gasteiger partial charge in [0.25, 0.3) is 5.56 Å². The summed E-state index contributed by atoms with van der Waals surface area (Å²) in [6.07, 6.45) is 2.22. The number of nitrogens with one attached hydrogen (secondary N) is 2. The van der Waals surface area contributed by atoms with Crippen LogP contribution in [0.25, 0.3) is 10.4 Å². The number of aryl methyl sites for hydroxylation is 2. The summed E-state index contributed by atoms with van der Waals surface area (Å²) in [6.45, 7) is 6.41. The van der Waals surface area contributed by atoms with Gasteiger partial charge < -0.3 is 4.98 Å². The van der Waals surface area contributed by atoms with Crippen LogP contribution < -0.4 is 10.3 Å². The second-order valence-corrected chi connectivity index (χ2v) is 11.3. The topological polar surface area (TPSA) is 82.3 Å². The fraction of sp³-hybridized carbons (Fsp3) is 0.375. The summed E-state index contributed by atoms with van der Waals surface area (Å²) in [7, 11) is -3.58. The van der Waals surface area contributed by atoms with E-state index < -0.39 is 10.0 Å². The number of piperidine rings is 1. The Morgan fingerprint density at radius 1 is 1.12 bits per heavy atom. The molecule has 1 aromatic carbocycles. The number of thiophene rings is 1. The summed E-state index contributed by atoms with van der Waals surface area (Å²) in [5, 5.41) is 0. The molecule has 8 heteroatoms. The van der Waals surface area contributed by atoms with E-state index in [1.165, 1.54) is 16.9 Å². The molecule has 0 bridgehead atoms. The van der Waals surface area contributed by atoms with Gasteiger partial charge >= 0.3 is 0 Å². The number of pyridine rings is 1. The van der Waals surface area contributed by atoms with E-state index >= 15 is 0 Å². The fourth-order valence-electron chi connectivity index (χ4n) is 4.12. The number of sulfonamides is 1. The van der Waals surface area contributed by atoms with Crippen molar-refractivity contribution in [1.82, 2.24) is 14.6 Å². The lowest BCUT2D eigenvalue weighted by molar-refractivity contribution is 0.200. The average molecular weight is 472 g/mol. The molecule has 0 amide bonds. The number of aromatic nitrogens is 1. The number of likely N-dealkylation sites (tertiary alicyclic amines) is 1. The van der Waals surface area contributed by atoms with Crippen molar-refractivity contribution in [2.24, 2.45) is 0 Å². The van der Waals surface area contributed by atoms with Crippen LogP contribution in [0.2, 0.25) is 0 Å². The molecule has 1 fully saturated rings. The first-order valence-corrected chi connectivity index (χ1v) is 13.3. The van der Waals surface area contributed by atoms with Crippen LogP contribution in [0.1, 0.15) is 36.6 Å². The number of aromatic amines is 1. The predicted molar refractivity (Wildman–Crippen MR) is 130 cm³/mol. The highest BCUT2D eigenvalue weighted by Crippen LogP contribution is 2.32. The quantitative estimate of drug-likeness (QED) is 0.547. The first kappa shape index (κ1) is 22.9. The predicted octanol–water partition coefficient (Wildman–Crippen LogP) is 3.92. The molecule has 2 N–H and O–H groups in total. The molecule has 6 nitrogen and oxygen atoms in total. The van der Waals surface area contributed by atoms with Crippen LogP contribution >= 0.6 is 11.3 Å². The van der Waals surface area contributed by atoms with E-state index in [1.807, 2.05) is 44.2 Å². The number of rotatable bonds is 7. The maximum atomic E-state index is 13.0. The van der Waals surface area contributed by atoms with Crippen molar-refractivity contribution in [2.75, 3.05) is 13.1 Å². The molecule has 2 aromatic heterocycles. The van der Waals surface area contributed by atoms with Gasteiger partial charge in [-0.25, -0.2) is 13.1 Å². The molecule has 3 aromatic rings. The highest BCUT2D eigenvalue weighted by Gasteiger charge is 2.26. The summed E-state index contributed by atoms with van der Waals surface area (Å²) in [6, 6.07) is 15.6. The number of hydrogen-bond donors (Lipinski definition) is 2. The van der Waals surface area contributed by atoms with E-state index in [0.717, 1.165) is 48.6 Å². The third-order valence-corrected chi connectivity index (χ3v) is 9.10. The van der Waals surface area contributed by atoms with Crippen molar-refractivity contribution in [3.63, 3.8) is 0 Å². The highest BCUT2D eigenvalue weighted by molar-refractivity contribution is 7.91. The molecule has 0 unspecified atom stereocenters. The number of hydrogen-bond acceptors (Lipinski definition) is 5. The summed E-state index contributed by atoms with van der Waals surface area (Å²) in [5.41, 5.74) is 3.52. The minimum absolute atomic E-state index is 0.0564. The Bertz CT molecular complexity index is 1220. The molecule has 3 heterocycles. The van der Waals surface area contributed by atoms with E-state index in [2.05, 4.69) is 26.7 Å². The summed E-state index contributed by atoms with van der Waals surface area (Å²) < 4.78 is 29.2. The van der Waals surface area contributed by atoms with Crippen LogP contribution in [0, 0.1) is 6.92 Å². The van der Waals surface area contributed by atoms with Gasteiger partial charge in [0.1, 0.15) is 4.21 Å². The van der Waals surface area contributed by atoms with Gasteiger partial charge in [0.2, 0.25) is 10.0 Å². The van der Waals surface area contributed by atoms with Crippen molar-refractivity contribution in [2.45, 2.75) is 49.9 Å². The van der Waals surface area contributed by atoms with Crippen LogP contribution in [0.4, 0.5) is 0 Å². The Kier molecular flexibility index (Phi) is 6.95. The Morgan fingerprint density at radius 2 is 1.84 bits per heavy atom. The van der Waals surface area contributed by atoms with Crippen LogP contribution in [-0.4, -0.2) is 37.4 Å². The Hall–Kier alpha value is -2.26. The van der Waals surface area contributed by atoms with Gasteiger partial charge in [-0.05, 0) is 49.9 Å². The molecule has 32 heavy (non-hydrogen) atoms. The van der Waals surface area contributed by atoms with Crippen LogP contribution in [0.5, 0.6) is 0 Å². The highest BCUT2D eigenvalue weighted by atomic mass is 32.2. The second-order valence-electron chi connectivity index (χ2n) is 8.29. The van der Waals surface area contributed by atoms with Gasteiger partial charge in [-0.2, -0.15) is 0 Å². The lowest BCUT2D eigenvalue weighted by atomic mass is 10.1. The van der Waals surface area contributed by atoms with E-state index in [-0.39, 0.29) is 11.6 Å². The number of nitrogens with zero attached hydrogens (tertiary/aromatic N) is 1. The molecule has 0 saturated carbocycles. The van der Waals surface area contributed by atoms with Crippen molar-refractivity contribution in [1.29, 1.82) is 0 Å². The molecule has 1 aliphatic heterocycles. The Balaban J connectivity index is 1.41. The van der Waals surface area contributed by atoms with Crippen LogP contribution in [0.3, 0.4) is 0 Å². The van der Waals surface area contributed by atoms with Crippen LogP contribution in [-0.2, 0) is 23.0 Å². The van der Waals surface area contributed by atoms with Gasteiger partial charge in [0, 0.05) is 47.4 Å². The Morgan fingerprint density at radius 3 is 2.53 bits per heavy atom. The average Bonchev–Trinajstić information content (AvgIpc) is 3.27. The molecular formula is C24H29N3O3S2. The number of benzene rings is 1. The normalized spacial score (nSPS) is 15.8. The van der Waals surface area contributed by atoms with Crippen LogP contribution in [0.15, 0.2) is 57.5 Å². The van der Waals surface area contributed by atoms with Gasteiger partial charge in [-0.15, -0.1) is 11.3 Å². The number of H-pyrrole nitrogens is 1. The zero-order valence-corrected chi connectivity index (χ0v) is 20.1. The molecule has 4 rings (SSSR count). The van der Waals surface area contributed by atoms with Gasteiger partial charge in [-0.1, -0.05) is 37.3 Å². The maximum absolute atomic E-state index is 13.0. The maximum Gasteiger partial charge on any atom is 0.251 e. The van der Waals surface area contributed by atoms with E-state index in [1.54, 1.807) is 6.07 Å². The van der Waals surface area contributed by atoms with Gasteiger partial charge in [-0.3, -0.25) is 9.69 Å². The second kappa shape index (κ2) is 9.70. The third kappa shape index (κ3) is 5.20. The smallest absolute Gasteiger partial charge is 0.251 e. The van der Waals surface area contributed by atoms with Gasteiger partial charge in [0.15, 0.2) is 0 Å². The molecule has 0 spiro atoms. The van der Waals surface area contributed by atoms with E-state index in [9.17, 15) is 13.2 Å². The molecule has 0 atom stereocenters. The third-order valence-electron chi connectivity index (χ3n) is 5.97. The Labute approximate surface area is 193 Å². The standard InChI is InChI=1S/C24H29N3O3S2/c1-3-19-15-21(17(2)25-24(19)28)22-9-10-23(31-22)32(29,30)26-20-11-13-27(14-12-20)16-18-7-5-4-6-8-18/h4-10,15,20,26H,3,11-14,16H2,1-2H3,(H,25,28). The van der Waals surface area contributed by atoms with Gasteiger partial charge in [0.05, 0.1) is 0 Å². The molecule has 1 aliphatic rings. The van der Waals surface area contributed by atoms with Crippen molar-refractivity contribution < 1.29 is 8.42 Å². The molecule has 1 saturated heterocycles. The summed E-state index contributed by atoms with van der Waals surface area (Å²) >= 11 is 1.24. The van der Waals surface area contributed by atoms with Crippen molar-refractivity contribution >= 4 is 21.4 Å². The zero-order valence-electron chi connectivity index (χ0n) is 18.4. The first-order valence-electron chi connectivity index (χ1n) is 11.0. The minimum Gasteiger partial charge on any atom is -0.326 e. The lowest BCUT2D eigenvalue weighted by Gasteiger charge is -2.32. The molecule has 170 valence electrons. The monoisotopic (exact) mass is 471 g/mol. The molecular weight excluding hydrogens is 442 g/mol. The minimum atomic E-state index is -3.58. The van der Waals surface area contributed by atoms with E-state index in [4.69, 9.17) is 0 Å².